The van der Waals surface area contributed by atoms with Gasteiger partial charge in [0, 0.05) is 24.5 Å². The first-order valence-electron chi connectivity index (χ1n) is 13.1. The molecule has 212 valence electrons. The summed E-state index contributed by atoms with van der Waals surface area (Å²) in [7, 11) is -2.58. The number of nitrogens with zero attached hydrogens (tertiary/aromatic N) is 2. The summed E-state index contributed by atoms with van der Waals surface area (Å²) in [5, 5.41) is 2.69. The van der Waals surface area contributed by atoms with Gasteiger partial charge >= 0.3 is 0 Å². The van der Waals surface area contributed by atoms with Gasteiger partial charge in [0.15, 0.2) is 0 Å². The van der Waals surface area contributed by atoms with Crippen LogP contribution in [0, 0.1) is 6.92 Å². The Kier molecular flexibility index (Phi) is 9.96. The molecule has 2 amide bonds. The highest BCUT2D eigenvalue weighted by Crippen LogP contribution is 2.25. The number of aryl methyl sites for hydroxylation is 1. The molecule has 7 nitrogen and oxygen atoms in total. The van der Waals surface area contributed by atoms with Gasteiger partial charge in [-0.1, -0.05) is 94.3 Å². The molecule has 0 radical (unpaired) electrons. The first-order chi connectivity index (χ1) is 19.7. The number of amides is 2. The summed E-state index contributed by atoms with van der Waals surface area (Å²) in [4.78, 5) is 29.0. The predicted molar refractivity (Wildman–Crippen MR) is 165 cm³/mol. The van der Waals surface area contributed by atoms with Crippen molar-refractivity contribution in [1.82, 2.24) is 10.2 Å². The molecule has 0 aliphatic rings. The van der Waals surface area contributed by atoms with E-state index in [1.807, 2.05) is 61.5 Å². The molecule has 4 aromatic rings. The van der Waals surface area contributed by atoms with Gasteiger partial charge in [-0.15, -0.1) is 0 Å². The lowest BCUT2D eigenvalue weighted by atomic mass is 10.0. The van der Waals surface area contributed by atoms with E-state index in [2.05, 4.69) is 21.2 Å². The van der Waals surface area contributed by atoms with Crippen LogP contribution in [0.15, 0.2) is 119 Å². The Balaban J connectivity index is 1.76. The Morgan fingerprint density at radius 2 is 1.39 bits per heavy atom. The second-order valence-electron chi connectivity index (χ2n) is 9.63. The van der Waals surface area contributed by atoms with E-state index >= 15 is 0 Å². The fourth-order valence-electron chi connectivity index (χ4n) is 4.47. The van der Waals surface area contributed by atoms with Gasteiger partial charge in [-0.05, 0) is 54.4 Å². The minimum absolute atomic E-state index is 0.0753. The van der Waals surface area contributed by atoms with Crippen LogP contribution in [-0.2, 0) is 32.6 Å². The Labute approximate surface area is 250 Å². The molecule has 0 saturated heterocycles. The van der Waals surface area contributed by atoms with Crippen molar-refractivity contribution in [2.24, 2.45) is 0 Å². The number of carbonyl (C=O) groups is 2. The number of benzene rings is 4. The van der Waals surface area contributed by atoms with Crippen LogP contribution in [-0.4, -0.2) is 44.8 Å². The number of rotatable bonds is 11. The van der Waals surface area contributed by atoms with E-state index in [-0.39, 0.29) is 23.8 Å². The maximum absolute atomic E-state index is 14.2. The molecule has 0 spiro atoms. The molecule has 0 saturated carbocycles. The van der Waals surface area contributed by atoms with Gasteiger partial charge < -0.3 is 10.2 Å². The zero-order valence-electron chi connectivity index (χ0n) is 22.9. The molecular formula is C32H32BrN3O4S. The van der Waals surface area contributed by atoms with Crippen LogP contribution in [0.3, 0.4) is 0 Å². The molecule has 4 aromatic carbocycles. The summed E-state index contributed by atoms with van der Waals surface area (Å²) in [6, 6.07) is 31.1. The van der Waals surface area contributed by atoms with Crippen molar-refractivity contribution >= 4 is 43.5 Å². The number of nitrogens with one attached hydrogen (secondary N) is 1. The smallest absolute Gasteiger partial charge is 0.264 e. The number of carbonyl (C=O) groups excluding carboxylic acids is 2. The number of sulfonamides is 1. The van der Waals surface area contributed by atoms with Crippen molar-refractivity contribution in [2.75, 3.05) is 17.9 Å². The maximum Gasteiger partial charge on any atom is 0.264 e. The van der Waals surface area contributed by atoms with E-state index in [4.69, 9.17) is 0 Å². The van der Waals surface area contributed by atoms with Gasteiger partial charge in [0.1, 0.15) is 12.6 Å². The molecule has 1 N–H and O–H groups in total. The van der Waals surface area contributed by atoms with Gasteiger partial charge in [0.2, 0.25) is 11.8 Å². The van der Waals surface area contributed by atoms with Crippen LogP contribution in [0.5, 0.6) is 0 Å². The molecule has 0 bridgehead atoms. The topological polar surface area (TPSA) is 86.8 Å². The zero-order chi connectivity index (χ0) is 29.4. The van der Waals surface area contributed by atoms with Gasteiger partial charge in [-0.2, -0.15) is 0 Å². The number of anilines is 1. The first kappa shape index (κ1) is 30.0. The molecule has 41 heavy (non-hydrogen) atoms. The predicted octanol–water partition coefficient (Wildman–Crippen LogP) is 5.34. The third-order valence-corrected chi connectivity index (χ3v) is 9.03. The van der Waals surface area contributed by atoms with Gasteiger partial charge in [-0.3, -0.25) is 13.9 Å². The van der Waals surface area contributed by atoms with Gasteiger partial charge in [-0.25, -0.2) is 8.42 Å². The Morgan fingerprint density at radius 1 is 0.805 bits per heavy atom. The van der Waals surface area contributed by atoms with Gasteiger partial charge in [0.25, 0.3) is 10.0 Å². The number of hydrogen-bond acceptors (Lipinski definition) is 4. The summed E-state index contributed by atoms with van der Waals surface area (Å²) >= 11 is 3.44. The Morgan fingerprint density at radius 3 is 1.98 bits per heavy atom. The fourth-order valence-corrected chi connectivity index (χ4v) is 6.15. The summed E-state index contributed by atoms with van der Waals surface area (Å²) in [6.45, 7) is 1.50. The van der Waals surface area contributed by atoms with Gasteiger partial charge in [0.05, 0.1) is 10.6 Å². The molecular weight excluding hydrogens is 602 g/mol. The minimum Gasteiger partial charge on any atom is -0.357 e. The number of halogens is 1. The number of para-hydroxylation sites is 1. The lowest BCUT2D eigenvalue weighted by molar-refractivity contribution is -0.139. The normalized spacial score (nSPS) is 11.9. The van der Waals surface area contributed by atoms with Crippen molar-refractivity contribution in [1.29, 1.82) is 0 Å². The highest BCUT2D eigenvalue weighted by atomic mass is 79.9. The van der Waals surface area contributed by atoms with Crippen LogP contribution in [0.1, 0.15) is 16.7 Å². The SMILES string of the molecule is CNC(=O)[C@@H](Cc1ccccc1)N(Cc1ccc(Br)cc1)C(=O)CN(c1ccccc1)S(=O)(=O)c1ccc(C)cc1. The van der Waals surface area contributed by atoms with Crippen molar-refractivity contribution in [3.8, 4) is 0 Å². The number of hydrogen-bond donors (Lipinski definition) is 1. The molecule has 0 unspecified atom stereocenters. The van der Waals surface area contributed by atoms with Crippen LogP contribution in [0.2, 0.25) is 0 Å². The summed E-state index contributed by atoms with van der Waals surface area (Å²) in [5.41, 5.74) is 2.95. The summed E-state index contributed by atoms with van der Waals surface area (Å²) in [5.74, 6) is -0.844. The van der Waals surface area contributed by atoms with Crippen molar-refractivity contribution in [3.63, 3.8) is 0 Å². The largest absolute Gasteiger partial charge is 0.357 e. The van der Waals surface area contributed by atoms with E-state index in [0.29, 0.717) is 5.69 Å². The van der Waals surface area contributed by atoms with Crippen LogP contribution in [0.25, 0.3) is 0 Å². The molecule has 9 heteroatoms. The lowest BCUT2D eigenvalue weighted by Gasteiger charge is -2.33. The van der Waals surface area contributed by atoms with E-state index in [1.54, 1.807) is 42.5 Å². The average molecular weight is 635 g/mol. The van der Waals surface area contributed by atoms with Crippen molar-refractivity contribution < 1.29 is 18.0 Å². The lowest BCUT2D eigenvalue weighted by Crippen LogP contribution is -2.53. The standard InChI is InChI=1S/C32H32BrN3O4S/c1-24-13-19-29(20-14-24)41(39,40)36(28-11-7-4-8-12-28)23-31(37)35(22-26-15-17-27(33)18-16-26)30(32(38)34-2)21-25-9-5-3-6-10-25/h3-20,30H,21-23H2,1-2H3,(H,34,38)/t30-/m1/s1. The van der Waals surface area contributed by atoms with E-state index in [1.165, 1.54) is 24.1 Å². The molecule has 1 atom stereocenters. The fraction of sp³-hybridized carbons (Fsp3) is 0.188. The van der Waals surface area contributed by atoms with E-state index in [0.717, 1.165) is 25.5 Å². The average Bonchev–Trinajstić information content (AvgIpc) is 2.99. The second kappa shape index (κ2) is 13.6. The Bertz CT molecular complexity index is 1560. The summed E-state index contributed by atoms with van der Waals surface area (Å²) < 4.78 is 29.8. The number of likely N-dealkylation sites (N-methyl/N-ethyl adjacent to an activating group) is 1. The molecule has 0 aromatic heterocycles. The third-order valence-electron chi connectivity index (χ3n) is 6.72. The van der Waals surface area contributed by atoms with Crippen molar-refractivity contribution in [3.05, 3.63) is 130 Å². The zero-order valence-corrected chi connectivity index (χ0v) is 25.3. The molecule has 0 fully saturated rings. The first-order valence-corrected chi connectivity index (χ1v) is 15.4. The monoisotopic (exact) mass is 633 g/mol. The third kappa shape index (κ3) is 7.62. The van der Waals surface area contributed by atoms with Crippen molar-refractivity contribution in [2.45, 2.75) is 30.8 Å². The van der Waals surface area contributed by atoms with E-state index in [9.17, 15) is 18.0 Å². The Hall–Kier alpha value is -3.95. The second-order valence-corrected chi connectivity index (χ2v) is 12.4. The highest BCUT2D eigenvalue weighted by Gasteiger charge is 2.34. The minimum atomic E-state index is -4.11. The quantitative estimate of drug-likeness (QED) is 0.242. The van der Waals surface area contributed by atoms with Crippen LogP contribution < -0.4 is 9.62 Å². The highest BCUT2D eigenvalue weighted by molar-refractivity contribution is 9.10. The summed E-state index contributed by atoms with van der Waals surface area (Å²) in [6.07, 6.45) is 0.263. The molecule has 0 aliphatic heterocycles. The molecule has 0 aliphatic carbocycles. The van der Waals surface area contributed by atoms with Crippen LogP contribution in [0.4, 0.5) is 5.69 Å². The van der Waals surface area contributed by atoms with Crippen LogP contribution >= 0.6 is 15.9 Å². The molecule has 0 heterocycles. The van der Waals surface area contributed by atoms with E-state index < -0.39 is 28.5 Å². The molecule has 4 rings (SSSR count). The maximum atomic E-state index is 14.2.